The Kier molecular flexibility index (Phi) is 5.69. The maximum absolute atomic E-state index is 11.9. The van der Waals surface area contributed by atoms with Crippen molar-refractivity contribution in [1.29, 1.82) is 0 Å². The molecule has 16 heavy (non-hydrogen) atoms. The summed E-state index contributed by atoms with van der Waals surface area (Å²) in [6.07, 6.45) is 2.70. The molecule has 0 amide bonds. The van der Waals surface area contributed by atoms with Gasteiger partial charge in [-0.25, -0.2) is 4.98 Å². The molecule has 2 atom stereocenters. The molecule has 0 radical (unpaired) electrons. The molecule has 0 bridgehead atoms. The average Bonchev–Trinajstić information content (AvgIpc) is 2.74. The number of rotatable bonds is 3. The second-order valence-corrected chi connectivity index (χ2v) is 5.73. The number of hydrogen-bond donors (Lipinski definition) is 1. The molecule has 3 nitrogen and oxygen atoms in total. The molecule has 6 heteroatoms. The Hall–Kier alpha value is -0.160. The van der Waals surface area contributed by atoms with E-state index in [9.17, 15) is 4.21 Å². The summed E-state index contributed by atoms with van der Waals surface area (Å²) in [6.45, 7) is 1.85. The van der Waals surface area contributed by atoms with E-state index in [2.05, 4.69) is 10.3 Å². The van der Waals surface area contributed by atoms with Crippen LogP contribution in [0.25, 0.3) is 0 Å². The normalized spacial score (nSPS) is 21.4. The van der Waals surface area contributed by atoms with Crippen LogP contribution in [0.1, 0.15) is 12.0 Å². The minimum absolute atomic E-state index is 0. The van der Waals surface area contributed by atoms with E-state index in [4.69, 9.17) is 11.6 Å². The van der Waals surface area contributed by atoms with Crippen molar-refractivity contribution in [1.82, 2.24) is 10.3 Å². The van der Waals surface area contributed by atoms with Crippen LogP contribution in [0.4, 0.5) is 0 Å². The molecule has 2 heterocycles. The molecule has 1 aliphatic rings. The van der Waals surface area contributed by atoms with Crippen molar-refractivity contribution in [3.8, 4) is 0 Å². The van der Waals surface area contributed by atoms with Gasteiger partial charge in [0.2, 0.25) is 0 Å². The van der Waals surface area contributed by atoms with Gasteiger partial charge in [0.25, 0.3) is 0 Å². The zero-order valence-corrected chi connectivity index (χ0v) is 11.1. The van der Waals surface area contributed by atoms with Gasteiger partial charge in [0.1, 0.15) is 5.15 Å². The summed E-state index contributed by atoms with van der Waals surface area (Å²) in [6, 6.07) is 3.62. The smallest absolute Gasteiger partial charge is 0.129 e. The number of aromatic nitrogens is 1. The van der Waals surface area contributed by atoms with E-state index in [-0.39, 0.29) is 12.4 Å². The van der Waals surface area contributed by atoms with E-state index in [0.29, 0.717) is 16.2 Å². The SMILES string of the molecule is Cl.O=[S@](Cc1ccc(Cl)nc1)[C@H]1CCNC1. The van der Waals surface area contributed by atoms with Gasteiger partial charge in [-0.05, 0) is 24.6 Å². The Bertz CT molecular complexity index is 352. The van der Waals surface area contributed by atoms with Crippen LogP contribution >= 0.6 is 24.0 Å². The fourth-order valence-electron chi connectivity index (χ4n) is 1.63. The zero-order chi connectivity index (χ0) is 10.7. The topological polar surface area (TPSA) is 42.0 Å². The minimum atomic E-state index is -0.799. The van der Waals surface area contributed by atoms with E-state index in [0.717, 1.165) is 25.1 Å². The molecule has 0 aromatic carbocycles. The maximum atomic E-state index is 11.9. The number of pyridine rings is 1. The molecule has 0 spiro atoms. The molecule has 0 aliphatic carbocycles. The van der Waals surface area contributed by atoms with Gasteiger partial charge in [0.05, 0.1) is 5.75 Å². The molecule has 2 rings (SSSR count). The van der Waals surface area contributed by atoms with Crippen LogP contribution in [0.2, 0.25) is 5.15 Å². The second-order valence-electron chi connectivity index (χ2n) is 3.63. The fraction of sp³-hybridized carbons (Fsp3) is 0.500. The summed E-state index contributed by atoms with van der Waals surface area (Å²) in [5, 5.41) is 3.99. The van der Waals surface area contributed by atoms with E-state index < -0.39 is 10.8 Å². The lowest BCUT2D eigenvalue weighted by atomic mass is 10.3. The number of nitrogens with zero attached hydrogens (tertiary/aromatic N) is 1. The third-order valence-corrected chi connectivity index (χ3v) is 4.47. The Morgan fingerprint density at radius 1 is 1.56 bits per heavy atom. The predicted octanol–water partition coefficient (Wildman–Crippen LogP) is 1.77. The molecule has 1 aliphatic heterocycles. The quantitative estimate of drug-likeness (QED) is 0.859. The van der Waals surface area contributed by atoms with Crippen molar-refractivity contribution in [3.63, 3.8) is 0 Å². The van der Waals surface area contributed by atoms with Crippen LogP contribution in [0.3, 0.4) is 0 Å². The minimum Gasteiger partial charge on any atom is -0.315 e. The van der Waals surface area contributed by atoms with Crippen molar-refractivity contribution in [2.24, 2.45) is 0 Å². The van der Waals surface area contributed by atoms with Gasteiger partial charge in [0, 0.05) is 28.8 Å². The van der Waals surface area contributed by atoms with Crippen LogP contribution in [-0.4, -0.2) is 27.5 Å². The highest BCUT2D eigenvalue weighted by molar-refractivity contribution is 7.84. The van der Waals surface area contributed by atoms with Crippen molar-refractivity contribution < 1.29 is 4.21 Å². The number of halogens is 2. The summed E-state index contributed by atoms with van der Waals surface area (Å²) in [5.74, 6) is 0.580. The summed E-state index contributed by atoms with van der Waals surface area (Å²) < 4.78 is 11.9. The fourth-order valence-corrected chi connectivity index (χ4v) is 3.16. The van der Waals surface area contributed by atoms with Crippen molar-refractivity contribution >= 4 is 34.8 Å². The zero-order valence-electron chi connectivity index (χ0n) is 8.69. The highest BCUT2D eigenvalue weighted by Gasteiger charge is 2.20. The molecular formula is C10H14Cl2N2OS. The first kappa shape index (κ1) is 13.9. The van der Waals surface area contributed by atoms with Gasteiger partial charge in [-0.2, -0.15) is 0 Å². The van der Waals surface area contributed by atoms with Gasteiger partial charge in [-0.3, -0.25) is 4.21 Å². The molecule has 1 N–H and O–H groups in total. The van der Waals surface area contributed by atoms with Gasteiger partial charge in [-0.15, -0.1) is 12.4 Å². The molecule has 1 aromatic rings. The molecule has 1 saturated heterocycles. The van der Waals surface area contributed by atoms with Crippen molar-refractivity contribution in [3.05, 3.63) is 29.0 Å². The monoisotopic (exact) mass is 280 g/mol. The van der Waals surface area contributed by atoms with Gasteiger partial charge >= 0.3 is 0 Å². The molecule has 0 saturated carbocycles. The average molecular weight is 281 g/mol. The van der Waals surface area contributed by atoms with E-state index >= 15 is 0 Å². The van der Waals surface area contributed by atoms with Crippen LogP contribution < -0.4 is 5.32 Å². The Labute approximate surface area is 109 Å². The number of hydrogen-bond acceptors (Lipinski definition) is 3. The van der Waals surface area contributed by atoms with Crippen LogP contribution in [0, 0.1) is 0 Å². The standard InChI is InChI=1S/C10H13ClN2OS.ClH/c11-10-2-1-8(5-13-10)7-15(14)9-3-4-12-6-9;/h1-2,5,9,12H,3-4,6-7H2;1H/t9-,15+;/m0./s1. The molecule has 0 unspecified atom stereocenters. The molecule has 1 aromatic heterocycles. The lowest BCUT2D eigenvalue weighted by molar-refractivity contribution is 0.672. The van der Waals surface area contributed by atoms with Gasteiger partial charge in [0.15, 0.2) is 0 Å². The highest BCUT2D eigenvalue weighted by Crippen LogP contribution is 2.13. The lowest BCUT2D eigenvalue weighted by Gasteiger charge is -2.07. The van der Waals surface area contributed by atoms with Gasteiger partial charge < -0.3 is 5.32 Å². The summed E-state index contributed by atoms with van der Waals surface area (Å²) in [5.41, 5.74) is 0.990. The predicted molar refractivity (Wildman–Crippen MR) is 69.6 cm³/mol. The summed E-state index contributed by atoms with van der Waals surface area (Å²) >= 11 is 5.68. The first-order valence-corrected chi connectivity index (χ1v) is 6.70. The molecule has 90 valence electrons. The van der Waals surface area contributed by atoms with E-state index in [1.54, 1.807) is 12.3 Å². The number of nitrogens with one attached hydrogen (secondary N) is 1. The highest BCUT2D eigenvalue weighted by atomic mass is 35.5. The lowest BCUT2D eigenvalue weighted by Crippen LogP contribution is -2.19. The third-order valence-electron chi connectivity index (χ3n) is 2.48. The first-order chi connectivity index (χ1) is 7.25. The largest absolute Gasteiger partial charge is 0.315 e. The Morgan fingerprint density at radius 2 is 2.38 bits per heavy atom. The Morgan fingerprint density at radius 3 is 2.94 bits per heavy atom. The second kappa shape index (κ2) is 6.55. The van der Waals surface area contributed by atoms with Gasteiger partial charge in [-0.1, -0.05) is 17.7 Å². The van der Waals surface area contributed by atoms with Crippen LogP contribution in [-0.2, 0) is 16.6 Å². The summed E-state index contributed by atoms with van der Waals surface area (Å²) in [4.78, 5) is 3.97. The van der Waals surface area contributed by atoms with Crippen LogP contribution in [0.15, 0.2) is 18.3 Å². The Balaban J connectivity index is 0.00000128. The van der Waals surface area contributed by atoms with E-state index in [1.807, 2.05) is 6.07 Å². The summed E-state index contributed by atoms with van der Waals surface area (Å²) in [7, 11) is -0.799. The first-order valence-electron chi connectivity index (χ1n) is 4.94. The van der Waals surface area contributed by atoms with Crippen molar-refractivity contribution in [2.75, 3.05) is 13.1 Å². The van der Waals surface area contributed by atoms with Crippen LogP contribution in [0.5, 0.6) is 0 Å². The maximum Gasteiger partial charge on any atom is 0.129 e. The van der Waals surface area contributed by atoms with Crippen molar-refractivity contribution in [2.45, 2.75) is 17.4 Å². The third kappa shape index (κ3) is 3.70. The van der Waals surface area contributed by atoms with E-state index in [1.165, 1.54) is 0 Å². The molecular weight excluding hydrogens is 267 g/mol. The molecule has 1 fully saturated rings.